The number of aryl methyl sites for hydroxylation is 1. The van der Waals surface area contributed by atoms with Crippen LogP contribution in [-0.2, 0) is 14.4 Å². The molecule has 27 heavy (non-hydrogen) atoms. The highest BCUT2D eigenvalue weighted by Crippen LogP contribution is 2.42. The van der Waals surface area contributed by atoms with E-state index in [0.717, 1.165) is 17.7 Å². The second-order valence-corrected chi connectivity index (χ2v) is 7.71. The summed E-state index contributed by atoms with van der Waals surface area (Å²) in [6.45, 7) is 6.15. The SMILES string of the molecule is Cc1ccccc1N1C(=O)[C@H]2[C@@H](CC(C)C)N(c3ccccc3)O[C@H]2C1=O. The summed E-state index contributed by atoms with van der Waals surface area (Å²) >= 11 is 0. The third-order valence-corrected chi connectivity index (χ3v) is 5.32. The van der Waals surface area contributed by atoms with Crippen molar-refractivity contribution in [2.24, 2.45) is 11.8 Å². The topological polar surface area (TPSA) is 49.9 Å². The minimum atomic E-state index is -0.763. The number of rotatable bonds is 4. The average Bonchev–Trinajstić information content (AvgIpc) is 3.13. The molecule has 3 atom stereocenters. The normalized spacial score (nSPS) is 24.8. The number of amides is 2. The van der Waals surface area contributed by atoms with E-state index in [0.29, 0.717) is 11.6 Å². The Hall–Kier alpha value is -2.66. The predicted octanol–water partition coefficient (Wildman–Crippen LogP) is 3.72. The second-order valence-electron chi connectivity index (χ2n) is 7.71. The fourth-order valence-electron chi connectivity index (χ4n) is 4.10. The molecule has 0 saturated carbocycles. The van der Waals surface area contributed by atoms with Gasteiger partial charge in [-0.3, -0.25) is 14.4 Å². The molecule has 0 radical (unpaired) electrons. The van der Waals surface area contributed by atoms with Crippen LogP contribution in [-0.4, -0.2) is 24.0 Å². The van der Waals surface area contributed by atoms with Crippen molar-refractivity contribution in [3.8, 4) is 0 Å². The van der Waals surface area contributed by atoms with E-state index in [9.17, 15) is 9.59 Å². The van der Waals surface area contributed by atoms with Gasteiger partial charge in [0.2, 0.25) is 5.91 Å². The smallest absolute Gasteiger partial charge is 0.266 e. The molecular formula is C22H24N2O3. The van der Waals surface area contributed by atoms with Crippen LogP contribution in [0.5, 0.6) is 0 Å². The minimum Gasteiger partial charge on any atom is -0.273 e. The van der Waals surface area contributed by atoms with Crippen molar-refractivity contribution in [2.75, 3.05) is 9.96 Å². The highest BCUT2D eigenvalue weighted by atomic mass is 16.7. The number of hydrogen-bond donors (Lipinski definition) is 0. The number of nitrogens with zero attached hydrogens (tertiary/aromatic N) is 2. The summed E-state index contributed by atoms with van der Waals surface area (Å²) in [4.78, 5) is 33.8. The van der Waals surface area contributed by atoms with E-state index in [4.69, 9.17) is 4.84 Å². The zero-order valence-electron chi connectivity index (χ0n) is 15.8. The molecule has 2 amide bonds. The number of hydroxylamine groups is 1. The lowest BCUT2D eigenvalue weighted by molar-refractivity contribution is -0.126. The Morgan fingerprint density at radius 2 is 1.63 bits per heavy atom. The molecule has 2 heterocycles. The average molecular weight is 364 g/mol. The van der Waals surface area contributed by atoms with Gasteiger partial charge in [-0.05, 0) is 43.0 Å². The van der Waals surface area contributed by atoms with E-state index in [1.165, 1.54) is 4.90 Å². The van der Waals surface area contributed by atoms with E-state index < -0.39 is 12.0 Å². The Morgan fingerprint density at radius 3 is 2.30 bits per heavy atom. The van der Waals surface area contributed by atoms with E-state index in [1.807, 2.05) is 61.5 Å². The van der Waals surface area contributed by atoms with E-state index in [1.54, 1.807) is 5.06 Å². The van der Waals surface area contributed by atoms with Gasteiger partial charge in [-0.1, -0.05) is 50.2 Å². The van der Waals surface area contributed by atoms with Crippen LogP contribution in [0.2, 0.25) is 0 Å². The second kappa shape index (κ2) is 6.82. The highest BCUT2D eigenvalue weighted by molar-refractivity contribution is 6.24. The van der Waals surface area contributed by atoms with Gasteiger partial charge in [-0.2, -0.15) is 0 Å². The van der Waals surface area contributed by atoms with Crippen LogP contribution in [0.1, 0.15) is 25.8 Å². The van der Waals surface area contributed by atoms with Crippen molar-refractivity contribution in [3.05, 3.63) is 60.2 Å². The molecule has 2 aromatic carbocycles. The Labute approximate surface area is 159 Å². The number of para-hydroxylation sites is 2. The molecule has 0 bridgehead atoms. The zero-order chi connectivity index (χ0) is 19.1. The lowest BCUT2D eigenvalue weighted by atomic mass is 9.90. The molecule has 2 saturated heterocycles. The van der Waals surface area contributed by atoms with E-state index in [2.05, 4.69) is 13.8 Å². The van der Waals surface area contributed by atoms with Gasteiger partial charge in [0.15, 0.2) is 6.10 Å². The number of anilines is 2. The summed E-state index contributed by atoms with van der Waals surface area (Å²) in [6.07, 6.45) is 0.0116. The maximum atomic E-state index is 13.3. The Balaban J connectivity index is 1.71. The molecule has 140 valence electrons. The van der Waals surface area contributed by atoms with Crippen molar-refractivity contribution < 1.29 is 14.4 Å². The van der Waals surface area contributed by atoms with Gasteiger partial charge in [0.05, 0.1) is 23.3 Å². The summed E-state index contributed by atoms with van der Waals surface area (Å²) in [5.74, 6) is -0.548. The van der Waals surface area contributed by atoms with Gasteiger partial charge in [-0.15, -0.1) is 0 Å². The first-order valence-corrected chi connectivity index (χ1v) is 9.43. The first kappa shape index (κ1) is 17.7. The molecule has 0 N–H and O–H groups in total. The lowest BCUT2D eigenvalue weighted by Crippen LogP contribution is -2.41. The highest BCUT2D eigenvalue weighted by Gasteiger charge is 2.59. The van der Waals surface area contributed by atoms with Crippen LogP contribution in [0.25, 0.3) is 0 Å². The number of carbonyl (C=O) groups excluding carboxylic acids is 2. The van der Waals surface area contributed by atoms with Crippen LogP contribution in [0.3, 0.4) is 0 Å². The quantitative estimate of drug-likeness (QED) is 0.776. The first-order chi connectivity index (χ1) is 13.0. The molecule has 0 unspecified atom stereocenters. The molecule has 5 nitrogen and oxygen atoms in total. The van der Waals surface area contributed by atoms with Crippen LogP contribution in [0.15, 0.2) is 54.6 Å². The molecule has 2 aromatic rings. The van der Waals surface area contributed by atoms with Crippen LogP contribution in [0, 0.1) is 18.8 Å². The molecule has 0 aliphatic carbocycles. The monoisotopic (exact) mass is 364 g/mol. The number of benzene rings is 2. The fraction of sp³-hybridized carbons (Fsp3) is 0.364. The van der Waals surface area contributed by atoms with E-state index >= 15 is 0 Å². The van der Waals surface area contributed by atoms with Crippen molar-refractivity contribution in [1.29, 1.82) is 0 Å². The third kappa shape index (κ3) is 2.92. The molecule has 2 aliphatic heterocycles. The summed E-state index contributed by atoms with van der Waals surface area (Å²) in [5.41, 5.74) is 2.43. The van der Waals surface area contributed by atoms with Crippen molar-refractivity contribution >= 4 is 23.2 Å². The summed E-state index contributed by atoms with van der Waals surface area (Å²) in [6, 6.07) is 17.0. The molecule has 0 spiro atoms. The molecule has 2 fully saturated rings. The predicted molar refractivity (Wildman–Crippen MR) is 104 cm³/mol. The Kier molecular flexibility index (Phi) is 4.48. The first-order valence-electron chi connectivity index (χ1n) is 9.43. The fourth-order valence-corrected chi connectivity index (χ4v) is 4.10. The van der Waals surface area contributed by atoms with Gasteiger partial charge in [0, 0.05) is 0 Å². The summed E-state index contributed by atoms with van der Waals surface area (Å²) in [5, 5.41) is 1.78. The van der Waals surface area contributed by atoms with E-state index in [-0.39, 0.29) is 17.9 Å². The largest absolute Gasteiger partial charge is 0.273 e. The standard InChI is InChI=1S/C22H24N2O3/c1-14(2)13-18-19-20(27-24(18)16-10-5-4-6-11-16)22(26)23(21(19)25)17-12-8-7-9-15(17)3/h4-12,14,18-20H,13H2,1-3H3/t18-,19+,20-/m1/s1. The maximum Gasteiger partial charge on any atom is 0.266 e. The molecule has 0 aromatic heterocycles. The van der Waals surface area contributed by atoms with Gasteiger partial charge >= 0.3 is 0 Å². The van der Waals surface area contributed by atoms with Gasteiger partial charge < -0.3 is 0 Å². The third-order valence-electron chi connectivity index (χ3n) is 5.32. The van der Waals surface area contributed by atoms with Crippen molar-refractivity contribution in [3.63, 3.8) is 0 Å². The van der Waals surface area contributed by atoms with Crippen molar-refractivity contribution in [2.45, 2.75) is 39.3 Å². The zero-order valence-corrected chi connectivity index (χ0v) is 15.8. The Bertz CT molecular complexity index is 865. The van der Waals surface area contributed by atoms with Crippen LogP contribution < -0.4 is 9.96 Å². The minimum absolute atomic E-state index is 0.164. The maximum absolute atomic E-state index is 13.3. The molecule has 4 rings (SSSR count). The lowest BCUT2D eigenvalue weighted by Gasteiger charge is -2.29. The molecular weight excluding hydrogens is 340 g/mol. The number of imide groups is 1. The number of carbonyl (C=O) groups is 2. The molecule has 5 heteroatoms. The van der Waals surface area contributed by atoms with Gasteiger partial charge in [-0.25, -0.2) is 9.96 Å². The molecule has 2 aliphatic rings. The van der Waals surface area contributed by atoms with Gasteiger partial charge in [0.25, 0.3) is 5.91 Å². The summed E-state index contributed by atoms with van der Waals surface area (Å²) < 4.78 is 0. The summed E-state index contributed by atoms with van der Waals surface area (Å²) in [7, 11) is 0. The van der Waals surface area contributed by atoms with Crippen LogP contribution >= 0.6 is 0 Å². The van der Waals surface area contributed by atoms with Crippen molar-refractivity contribution in [1.82, 2.24) is 0 Å². The van der Waals surface area contributed by atoms with Crippen LogP contribution in [0.4, 0.5) is 11.4 Å². The number of hydrogen-bond acceptors (Lipinski definition) is 4. The number of fused-ring (bicyclic) bond motifs is 1. The Morgan fingerprint density at radius 1 is 0.963 bits per heavy atom. The van der Waals surface area contributed by atoms with Gasteiger partial charge in [0.1, 0.15) is 0 Å².